The highest BCUT2D eigenvalue weighted by atomic mass is 28.3. The zero-order valence-corrected chi connectivity index (χ0v) is 9.73. The summed E-state index contributed by atoms with van der Waals surface area (Å²) in [7, 11) is -1.02. The second-order valence-corrected chi connectivity index (χ2v) is 9.71. The van der Waals surface area contributed by atoms with E-state index < -0.39 is 8.07 Å². The molecule has 0 aromatic rings. The third-order valence-corrected chi connectivity index (χ3v) is 6.93. The number of ether oxygens (including phenoxy) is 1. The standard InChI is InChI=1S/C10H22OSi/c1-4-9-12(2,3)10-7-5-6-8-11-10/h10H,4-9H2,1-3H3. The van der Waals surface area contributed by atoms with Gasteiger partial charge in [0.05, 0.1) is 8.07 Å². The third kappa shape index (κ3) is 2.59. The summed E-state index contributed by atoms with van der Waals surface area (Å²) in [6, 6.07) is 1.43. The molecule has 1 nitrogen and oxygen atoms in total. The summed E-state index contributed by atoms with van der Waals surface area (Å²) < 4.78 is 5.86. The van der Waals surface area contributed by atoms with Crippen molar-refractivity contribution in [2.75, 3.05) is 6.61 Å². The van der Waals surface area contributed by atoms with Gasteiger partial charge in [0.25, 0.3) is 0 Å². The van der Waals surface area contributed by atoms with Gasteiger partial charge in [-0.15, -0.1) is 0 Å². The molecule has 1 saturated heterocycles. The molecule has 1 heterocycles. The van der Waals surface area contributed by atoms with Crippen LogP contribution >= 0.6 is 0 Å². The highest BCUT2D eigenvalue weighted by molar-refractivity contribution is 6.78. The Morgan fingerprint density at radius 1 is 1.33 bits per heavy atom. The second kappa shape index (κ2) is 4.42. The quantitative estimate of drug-likeness (QED) is 0.615. The van der Waals surface area contributed by atoms with Crippen LogP contribution in [0.2, 0.25) is 19.1 Å². The summed E-state index contributed by atoms with van der Waals surface area (Å²) in [6.45, 7) is 8.27. The molecular formula is C10H22OSi. The fourth-order valence-corrected chi connectivity index (χ4v) is 5.33. The number of rotatable bonds is 3. The van der Waals surface area contributed by atoms with Crippen molar-refractivity contribution in [1.29, 1.82) is 0 Å². The molecule has 0 spiro atoms. The molecule has 0 saturated carbocycles. The lowest BCUT2D eigenvalue weighted by Crippen LogP contribution is -2.44. The van der Waals surface area contributed by atoms with E-state index in [1.807, 2.05) is 0 Å². The third-order valence-electron chi connectivity index (χ3n) is 2.95. The Morgan fingerprint density at radius 3 is 2.58 bits per heavy atom. The van der Waals surface area contributed by atoms with Gasteiger partial charge in [-0.25, -0.2) is 0 Å². The SMILES string of the molecule is CCC[Si](C)(C)C1CCCCO1. The predicted molar refractivity (Wildman–Crippen MR) is 56.2 cm³/mol. The molecular weight excluding hydrogens is 164 g/mol. The van der Waals surface area contributed by atoms with Crippen LogP contribution in [0.3, 0.4) is 0 Å². The zero-order valence-electron chi connectivity index (χ0n) is 8.73. The molecule has 0 aromatic heterocycles. The van der Waals surface area contributed by atoms with Crippen LogP contribution in [0.15, 0.2) is 0 Å². The van der Waals surface area contributed by atoms with Crippen LogP contribution in [0.1, 0.15) is 32.6 Å². The lowest BCUT2D eigenvalue weighted by molar-refractivity contribution is 0.0597. The van der Waals surface area contributed by atoms with Crippen molar-refractivity contribution < 1.29 is 4.74 Å². The van der Waals surface area contributed by atoms with Gasteiger partial charge in [-0.2, -0.15) is 0 Å². The molecule has 1 aliphatic rings. The van der Waals surface area contributed by atoms with Crippen molar-refractivity contribution in [1.82, 2.24) is 0 Å². The molecule has 0 N–H and O–H groups in total. The largest absolute Gasteiger partial charge is 0.382 e. The van der Waals surface area contributed by atoms with Gasteiger partial charge in [-0.1, -0.05) is 32.5 Å². The first-order chi connectivity index (χ1) is 5.67. The van der Waals surface area contributed by atoms with Gasteiger partial charge in [0, 0.05) is 12.3 Å². The maximum Gasteiger partial charge on any atom is 0.0815 e. The first kappa shape index (κ1) is 10.3. The summed E-state index contributed by atoms with van der Waals surface area (Å²) in [5, 5.41) is 0. The molecule has 0 aromatic carbocycles. The Bertz CT molecular complexity index is 128. The van der Waals surface area contributed by atoms with Crippen LogP contribution in [0.5, 0.6) is 0 Å². The number of hydrogen-bond acceptors (Lipinski definition) is 1. The summed E-state index contributed by atoms with van der Waals surface area (Å²) in [4.78, 5) is 0. The van der Waals surface area contributed by atoms with Crippen LogP contribution in [0.4, 0.5) is 0 Å². The average Bonchev–Trinajstić information content (AvgIpc) is 2.06. The average molecular weight is 186 g/mol. The topological polar surface area (TPSA) is 9.23 Å². The highest BCUT2D eigenvalue weighted by Gasteiger charge is 2.32. The van der Waals surface area contributed by atoms with E-state index in [1.54, 1.807) is 0 Å². The predicted octanol–water partition coefficient (Wildman–Crippen LogP) is 3.21. The molecule has 1 atom stereocenters. The minimum Gasteiger partial charge on any atom is -0.382 e. The molecule has 72 valence electrons. The van der Waals surface area contributed by atoms with E-state index in [2.05, 4.69) is 20.0 Å². The minimum atomic E-state index is -1.02. The molecule has 2 heteroatoms. The van der Waals surface area contributed by atoms with Crippen LogP contribution in [-0.2, 0) is 4.74 Å². The highest BCUT2D eigenvalue weighted by Crippen LogP contribution is 2.26. The van der Waals surface area contributed by atoms with Crippen molar-refractivity contribution in [2.45, 2.75) is 57.5 Å². The maximum atomic E-state index is 5.86. The molecule has 0 amide bonds. The Kier molecular flexibility index (Phi) is 3.78. The van der Waals surface area contributed by atoms with Gasteiger partial charge >= 0.3 is 0 Å². The van der Waals surface area contributed by atoms with Crippen molar-refractivity contribution >= 4 is 8.07 Å². The van der Waals surface area contributed by atoms with E-state index in [9.17, 15) is 0 Å². The second-order valence-electron chi connectivity index (χ2n) is 4.59. The summed E-state index contributed by atoms with van der Waals surface area (Å²) in [6.07, 6.45) is 5.34. The van der Waals surface area contributed by atoms with Gasteiger partial charge < -0.3 is 4.74 Å². The normalized spacial score (nSPS) is 25.8. The van der Waals surface area contributed by atoms with E-state index in [0.717, 1.165) is 6.61 Å². The van der Waals surface area contributed by atoms with Crippen LogP contribution in [0.25, 0.3) is 0 Å². The molecule has 0 aliphatic carbocycles. The molecule has 1 fully saturated rings. The van der Waals surface area contributed by atoms with Crippen LogP contribution < -0.4 is 0 Å². The minimum absolute atomic E-state index is 0.659. The van der Waals surface area contributed by atoms with Crippen molar-refractivity contribution in [3.63, 3.8) is 0 Å². The van der Waals surface area contributed by atoms with Gasteiger partial charge in [0.1, 0.15) is 0 Å². The fourth-order valence-electron chi connectivity index (χ4n) is 2.16. The van der Waals surface area contributed by atoms with Crippen molar-refractivity contribution in [3.05, 3.63) is 0 Å². The Balaban J connectivity index is 2.41. The Morgan fingerprint density at radius 2 is 2.08 bits per heavy atom. The van der Waals surface area contributed by atoms with Gasteiger partial charge in [0.15, 0.2) is 0 Å². The first-order valence-electron chi connectivity index (χ1n) is 5.28. The molecule has 0 bridgehead atoms. The van der Waals surface area contributed by atoms with E-state index in [1.165, 1.54) is 31.7 Å². The molecule has 1 unspecified atom stereocenters. The number of hydrogen-bond donors (Lipinski definition) is 0. The Hall–Kier alpha value is 0.177. The molecule has 0 radical (unpaired) electrons. The van der Waals surface area contributed by atoms with Gasteiger partial charge in [0.2, 0.25) is 0 Å². The summed E-state index contributed by atoms with van der Waals surface area (Å²) >= 11 is 0. The molecule has 1 aliphatic heterocycles. The maximum absolute atomic E-state index is 5.86. The summed E-state index contributed by atoms with van der Waals surface area (Å²) in [5.74, 6) is 0. The van der Waals surface area contributed by atoms with E-state index in [4.69, 9.17) is 4.74 Å². The van der Waals surface area contributed by atoms with Gasteiger partial charge in [-0.05, 0) is 19.3 Å². The fraction of sp³-hybridized carbons (Fsp3) is 1.00. The van der Waals surface area contributed by atoms with E-state index >= 15 is 0 Å². The van der Waals surface area contributed by atoms with Crippen molar-refractivity contribution in [2.24, 2.45) is 0 Å². The molecule has 12 heavy (non-hydrogen) atoms. The van der Waals surface area contributed by atoms with E-state index in [0.29, 0.717) is 5.73 Å². The Labute approximate surface area is 77.5 Å². The van der Waals surface area contributed by atoms with E-state index in [-0.39, 0.29) is 0 Å². The smallest absolute Gasteiger partial charge is 0.0815 e. The van der Waals surface area contributed by atoms with Crippen molar-refractivity contribution in [3.8, 4) is 0 Å². The zero-order chi connectivity index (χ0) is 9.03. The first-order valence-corrected chi connectivity index (χ1v) is 8.57. The van der Waals surface area contributed by atoms with Gasteiger partial charge in [-0.3, -0.25) is 0 Å². The monoisotopic (exact) mass is 186 g/mol. The lowest BCUT2D eigenvalue weighted by atomic mass is 10.2. The summed E-state index contributed by atoms with van der Waals surface area (Å²) in [5.41, 5.74) is 0.659. The lowest BCUT2D eigenvalue weighted by Gasteiger charge is -2.35. The van der Waals surface area contributed by atoms with Crippen LogP contribution in [-0.4, -0.2) is 20.4 Å². The molecule has 1 rings (SSSR count). The van der Waals surface area contributed by atoms with Crippen LogP contribution in [0, 0.1) is 0 Å².